The van der Waals surface area contributed by atoms with Crippen LogP contribution in [0.5, 0.6) is 23.0 Å². The van der Waals surface area contributed by atoms with Crippen molar-refractivity contribution in [1.29, 1.82) is 0 Å². The molecular formula is C49H39N5O5. The fourth-order valence-corrected chi connectivity index (χ4v) is 7.74. The van der Waals surface area contributed by atoms with Crippen molar-refractivity contribution in [3.8, 4) is 67.5 Å². The van der Waals surface area contributed by atoms with E-state index in [4.69, 9.17) is 20.4 Å². The number of ether oxygens (including phenoxy) is 1. The zero-order valence-electron chi connectivity index (χ0n) is 31.8. The highest BCUT2D eigenvalue weighted by molar-refractivity contribution is 6.00. The van der Waals surface area contributed by atoms with Gasteiger partial charge < -0.3 is 35.8 Å². The van der Waals surface area contributed by atoms with Gasteiger partial charge in [0.25, 0.3) is 0 Å². The predicted molar refractivity (Wildman–Crippen MR) is 234 cm³/mol. The number of rotatable bonds is 10. The summed E-state index contributed by atoms with van der Waals surface area (Å²) in [7, 11) is 0. The summed E-state index contributed by atoms with van der Waals surface area (Å²) in [5.74, 6) is 0.712. The molecule has 59 heavy (non-hydrogen) atoms. The Labute approximate surface area is 339 Å². The third-order valence-electron chi connectivity index (χ3n) is 10.4. The number of hydrogen-bond donors (Lipinski definition) is 6. The lowest BCUT2D eigenvalue weighted by atomic mass is 10.0. The van der Waals surface area contributed by atoms with Crippen LogP contribution in [0.25, 0.3) is 90.9 Å². The van der Waals surface area contributed by atoms with E-state index >= 15 is 0 Å². The number of aromatic nitrogens is 4. The zero-order chi connectivity index (χ0) is 40.5. The van der Waals surface area contributed by atoms with Gasteiger partial charge >= 0.3 is 0 Å². The summed E-state index contributed by atoms with van der Waals surface area (Å²) in [6.07, 6.45) is 9.53. The molecule has 10 nitrogen and oxygen atoms in total. The summed E-state index contributed by atoms with van der Waals surface area (Å²) < 4.78 is 6.16. The number of nitrogens with zero attached hydrogens (tertiary/aromatic N) is 2. The maximum absolute atomic E-state index is 11.3. The van der Waals surface area contributed by atoms with Crippen molar-refractivity contribution in [2.75, 3.05) is 6.61 Å². The molecule has 0 spiro atoms. The fraction of sp³-hybridized carbons (Fsp3) is 0.0816. The molecule has 2 aliphatic rings. The Bertz CT molecular complexity index is 2970. The number of benzene rings is 4. The Morgan fingerprint density at radius 1 is 0.508 bits per heavy atom. The first-order valence-electron chi connectivity index (χ1n) is 19.3. The normalized spacial score (nSPS) is 11.9. The molecule has 0 atom stereocenters. The minimum absolute atomic E-state index is 0.122. The van der Waals surface area contributed by atoms with Crippen LogP contribution in [0.3, 0.4) is 0 Å². The summed E-state index contributed by atoms with van der Waals surface area (Å²) in [5.41, 5.74) is 17.4. The van der Waals surface area contributed by atoms with Crippen LogP contribution < -0.4 is 10.5 Å². The second-order valence-corrected chi connectivity index (χ2v) is 14.5. The van der Waals surface area contributed by atoms with Crippen LogP contribution in [0.15, 0.2) is 121 Å². The SMILES string of the molecule is NC(=O)CCCCOc1cccc(-c2c3nc(c(-c4cccc(O)c4)c4ccc([nH]4)c(-c4cccc(O)c4)c4nc(c(-c5cccc(O)c5)c5ccc2[nH]5)C=C4)C=C3)c1. The van der Waals surface area contributed by atoms with E-state index in [0.29, 0.717) is 54.4 Å². The van der Waals surface area contributed by atoms with E-state index in [0.717, 1.165) is 66.6 Å². The average Bonchev–Trinajstić information content (AvgIpc) is 4.06. The third kappa shape index (κ3) is 7.54. The topological polar surface area (TPSA) is 170 Å². The first-order valence-corrected chi connectivity index (χ1v) is 19.3. The number of nitrogens with one attached hydrogen (secondary N) is 2. The summed E-state index contributed by atoms with van der Waals surface area (Å²) in [6.45, 7) is 0.430. The van der Waals surface area contributed by atoms with Crippen LogP contribution in [0.1, 0.15) is 42.0 Å². The Balaban J connectivity index is 1.37. The molecule has 0 unspecified atom stereocenters. The molecule has 0 saturated heterocycles. The molecule has 9 rings (SSSR count). The minimum Gasteiger partial charge on any atom is -0.508 e. The van der Waals surface area contributed by atoms with Crippen molar-refractivity contribution in [3.63, 3.8) is 0 Å². The number of aromatic hydroxyl groups is 3. The van der Waals surface area contributed by atoms with Gasteiger partial charge in [-0.05, 0) is 132 Å². The van der Waals surface area contributed by atoms with Crippen LogP contribution in [-0.4, -0.2) is 47.8 Å². The Hall–Kier alpha value is -7.85. The molecule has 3 aromatic heterocycles. The number of hydrogen-bond acceptors (Lipinski definition) is 7. The van der Waals surface area contributed by atoms with E-state index in [9.17, 15) is 20.1 Å². The number of nitrogens with two attached hydrogens (primary N) is 1. The first kappa shape index (κ1) is 36.8. The summed E-state index contributed by atoms with van der Waals surface area (Å²) in [5, 5.41) is 32.0. The van der Waals surface area contributed by atoms with Crippen molar-refractivity contribution in [2.24, 2.45) is 5.73 Å². The van der Waals surface area contributed by atoms with Crippen molar-refractivity contribution < 1.29 is 24.9 Å². The van der Waals surface area contributed by atoms with Gasteiger partial charge in [-0.25, -0.2) is 9.97 Å². The van der Waals surface area contributed by atoms with Crippen LogP contribution in [0.2, 0.25) is 0 Å². The average molecular weight is 778 g/mol. The van der Waals surface area contributed by atoms with E-state index in [1.54, 1.807) is 42.5 Å². The number of unbranched alkanes of at least 4 members (excludes halogenated alkanes) is 1. The summed E-state index contributed by atoms with van der Waals surface area (Å²) in [6, 6.07) is 37.2. The molecular weight excluding hydrogens is 739 g/mol. The predicted octanol–water partition coefficient (Wildman–Crippen LogP) is 10.5. The molecule has 0 fully saturated rings. The van der Waals surface area contributed by atoms with Crippen LogP contribution in [0, 0.1) is 0 Å². The van der Waals surface area contributed by atoms with Gasteiger partial charge in [0.15, 0.2) is 0 Å². The van der Waals surface area contributed by atoms with Crippen molar-refractivity contribution in [3.05, 3.63) is 144 Å². The highest BCUT2D eigenvalue weighted by Crippen LogP contribution is 2.40. The van der Waals surface area contributed by atoms with Crippen LogP contribution in [0.4, 0.5) is 0 Å². The molecule has 7 aromatic rings. The Kier molecular flexibility index (Phi) is 9.72. The highest BCUT2D eigenvalue weighted by atomic mass is 16.5. The molecule has 8 bridgehead atoms. The molecule has 4 aromatic carbocycles. The number of carbonyl (C=O) groups is 1. The van der Waals surface area contributed by atoms with Crippen LogP contribution >= 0.6 is 0 Å². The number of H-pyrrole nitrogens is 2. The van der Waals surface area contributed by atoms with Gasteiger partial charge in [0.1, 0.15) is 23.0 Å². The number of primary amides is 1. The second-order valence-electron chi connectivity index (χ2n) is 14.5. The summed E-state index contributed by atoms with van der Waals surface area (Å²) >= 11 is 0. The van der Waals surface area contributed by atoms with E-state index in [-0.39, 0.29) is 23.2 Å². The third-order valence-corrected chi connectivity index (χ3v) is 10.4. The molecule has 5 heterocycles. The first-order chi connectivity index (χ1) is 28.8. The molecule has 2 aliphatic heterocycles. The smallest absolute Gasteiger partial charge is 0.217 e. The number of amides is 1. The number of aromatic amines is 2. The lowest BCUT2D eigenvalue weighted by Gasteiger charge is -2.09. The van der Waals surface area contributed by atoms with Crippen molar-refractivity contribution in [1.82, 2.24) is 19.9 Å². The quantitative estimate of drug-likeness (QED) is 0.0750. The van der Waals surface area contributed by atoms with E-state index in [1.165, 1.54) is 0 Å². The molecule has 7 N–H and O–H groups in total. The van der Waals surface area contributed by atoms with Gasteiger partial charge in [0, 0.05) is 50.7 Å². The lowest BCUT2D eigenvalue weighted by Crippen LogP contribution is -2.10. The van der Waals surface area contributed by atoms with Crippen molar-refractivity contribution in [2.45, 2.75) is 19.3 Å². The highest BCUT2D eigenvalue weighted by Gasteiger charge is 2.20. The Morgan fingerprint density at radius 3 is 1.25 bits per heavy atom. The van der Waals surface area contributed by atoms with Gasteiger partial charge in [0.05, 0.1) is 29.4 Å². The molecule has 290 valence electrons. The number of fused-ring (bicyclic) bond motifs is 8. The Morgan fingerprint density at radius 2 is 0.881 bits per heavy atom. The van der Waals surface area contributed by atoms with Crippen molar-refractivity contribution >= 4 is 52.3 Å². The molecule has 0 aliphatic carbocycles. The monoisotopic (exact) mass is 777 g/mol. The molecule has 1 amide bonds. The van der Waals surface area contributed by atoms with E-state index < -0.39 is 0 Å². The van der Waals surface area contributed by atoms with Gasteiger partial charge in [-0.15, -0.1) is 0 Å². The number of phenolic OH excluding ortho intramolecular Hbond substituents is 3. The maximum atomic E-state index is 11.3. The molecule has 10 heteroatoms. The second kappa shape index (κ2) is 15.6. The minimum atomic E-state index is -0.327. The maximum Gasteiger partial charge on any atom is 0.217 e. The van der Waals surface area contributed by atoms with Gasteiger partial charge in [-0.2, -0.15) is 0 Å². The molecule has 0 radical (unpaired) electrons. The molecule has 0 saturated carbocycles. The lowest BCUT2D eigenvalue weighted by molar-refractivity contribution is -0.118. The number of phenols is 3. The van der Waals surface area contributed by atoms with Crippen LogP contribution in [-0.2, 0) is 4.79 Å². The zero-order valence-corrected chi connectivity index (χ0v) is 31.8. The number of carbonyl (C=O) groups excluding carboxylic acids is 1. The van der Waals surface area contributed by atoms with Gasteiger partial charge in [-0.1, -0.05) is 48.5 Å². The van der Waals surface area contributed by atoms with Gasteiger partial charge in [0.2, 0.25) is 5.91 Å². The summed E-state index contributed by atoms with van der Waals surface area (Å²) in [4.78, 5) is 29.2. The van der Waals surface area contributed by atoms with E-state index in [2.05, 4.69) is 9.97 Å². The standard InChI is InChI=1S/C49H39N5O5/c50-45(58)15-1-2-24-59-36-14-6-10-32(28-36)49-43-22-20-41(53-43)47(30-8-4-12-34(56)26-30)39-18-16-37(51-39)46(29-7-3-11-33(55)25-29)38-17-19-40(52-38)48(42-21-23-44(49)54-42)31-9-5-13-35(57)27-31/h3-14,16-23,25-28,51,54-57H,1-2,15,24H2,(H2,50,58). The fourth-order valence-electron chi connectivity index (χ4n) is 7.74. The van der Waals surface area contributed by atoms with Gasteiger partial charge in [-0.3, -0.25) is 4.79 Å². The van der Waals surface area contributed by atoms with E-state index in [1.807, 2.05) is 103 Å². The largest absolute Gasteiger partial charge is 0.508 e.